The van der Waals surface area contributed by atoms with Crippen molar-refractivity contribution in [3.8, 4) is 11.5 Å². The third-order valence-corrected chi connectivity index (χ3v) is 3.65. The summed E-state index contributed by atoms with van der Waals surface area (Å²) in [4.78, 5) is 22.3. The van der Waals surface area contributed by atoms with Crippen molar-refractivity contribution in [2.24, 2.45) is 0 Å². The van der Waals surface area contributed by atoms with Gasteiger partial charge in [-0.25, -0.2) is 0 Å². The molecule has 0 amide bonds. The molecule has 0 fully saturated rings. The van der Waals surface area contributed by atoms with Crippen molar-refractivity contribution < 1.29 is 19.6 Å². The minimum Gasteiger partial charge on any atom is -0.865 e. The van der Waals surface area contributed by atoms with Crippen LogP contribution in [0.2, 0.25) is 10.0 Å². The van der Waals surface area contributed by atoms with Gasteiger partial charge in [0, 0.05) is 22.4 Å². The fourth-order valence-corrected chi connectivity index (χ4v) is 2.44. The summed E-state index contributed by atoms with van der Waals surface area (Å²) in [5, 5.41) is 23.2. The van der Waals surface area contributed by atoms with E-state index in [0.717, 1.165) is 6.07 Å². The molecule has 6 nitrogen and oxygen atoms in total. The van der Waals surface area contributed by atoms with E-state index in [1.54, 1.807) is 0 Å². The van der Waals surface area contributed by atoms with Crippen LogP contribution >= 0.6 is 23.2 Å². The van der Waals surface area contributed by atoms with Crippen molar-refractivity contribution >= 4 is 40.7 Å². The number of hydrogen-bond donors (Lipinski definition) is 0. The molecule has 0 saturated carbocycles. The Morgan fingerprint density at radius 3 is 2.54 bits per heavy atom. The highest BCUT2D eigenvalue weighted by Gasteiger charge is 2.13. The average molecular weight is 367 g/mol. The lowest BCUT2D eigenvalue weighted by Crippen LogP contribution is -2.01. The zero-order valence-corrected chi connectivity index (χ0v) is 13.8. The highest BCUT2D eigenvalue weighted by atomic mass is 35.5. The number of halogens is 2. The molecule has 8 heteroatoms. The molecule has 2 rings (SSSR count). The lowest BCUT2D eigenvalue weighted by molar-refractivity contribution is -0.398. The molecule has 2 aromatic rings. The zero-order chi connectivity index (χ0) is 17.9. The Labute approximate surface area is 147 Å². The monoisotopic (exact) mass is 366 g/mol. The van der Waals surface area contributed by atoms with E-state index in [4.69, 9.17) is 27.9 Å². The standard InChI is InChI=1S/C16H11Cl2NO5/c1-24-15-7-9(6-13(16(15)21)19(22)23)2-5-14(20)11-4-3-10(17)8-12(11)18/h2-8,21H,1H3/p-1/b5-2+. The summed E-state index contributed by atoms with van der Waals surface area (Å²) >= 11 is 11.7. The number of nitro groups is 1. The number of methoxy groups -OCH3 is 1. The normalized spacial score (nSPS) is 10.8. The highest BCUT2D eigenvalue weighted by Crippen LogP contribution is 2.35. The number of rotatable bonds is 5. The van der Waals surface area contributed by atoms with Crippen LogP contribution < -0.4 is 9.84 Å². The Hall–Kier alpha value is -2.57. The molecule has 0 unspecified atom stereocenters. The molecule has 0 N–H and O–H groups in total. The molecule has 124 valence electrons. The van der Waals surface area contributed by atoms with Crippen molar-refractivity contribution in [1.82, 2.24) is 0 Å². The van der Waals surface area contributed by atoms with Crippen LogP contribution in [0.25, 0.3) is 6.08 Å². The number of nitro benzene ring substituents is 1. The van der Waals surface area contributed by atoms with Crippen LogP contribution in [0, 0.1) is 10.1 Å². The molecular formula is C16H10Cl2NO5-. The lowest BCUT2D eigenvalue weighted by atomic mass is 10.1. The molecule has 0 radical (unpaired) electrons. The Kier molecular flexibility index (Phi) is 5.43. The average Bonchev–Trinajstić information content (AvgIpc) is 2.53. The number of ketones is 1. The predicted molar refractivity (Wildman–Crippen MR) is 88.9 cm³/mol. The first kappa shape index (κ1) is 17.8. The van der Waals surface area contributed by atoms with Gasteiger partial charge in [-0.3, -0.25) is 14.9 Å². The van der Waals surface area contributed by atoms with Gasteiger partial charge in [-0.15, -0.1) is 0 Å². The SMILES string of the molecule is COc1cc(/C=C/C(=O)c2ccc(Cl)cc2Cl)cc([N+](=O)[O-])c1[O-]. The van der Waals surface area contributed by atoms with E-state index in [1.807, 2.05) is 0 Å². The maximum atomic E-state index is 12.1. The topological polar surface area (TPSA) is 92.5 Å². The van der Waals surface area contributed by atoms with Crippen LogP contribution in [0.5, 0.6) is 11.5 Å². The molecule has 0 aliphatic rings. The van der Waals surface area contributed by atoms with E-state index in [2.05, 4.69) is 0 Å². The molecule has 0 aliphatic heterocycles. The second-order valence-corrected chi connectivity index (χ2v) is 5.49. The van der Waals surface area contributed by atoms with Crippen molar-refractivity contribution in [2.45, 2.75) is 0 Å². The fraction of sp³-hybridized carbons (Fsp3) is 0.0625. The number of benzene rings is 2. The number of carbonyl (C=O) groups excluding carboxylic acids is 1. The Balaban J connectivity index is 2.36. The van der Waals surface area contributed by atoms with Gasteiger partial charge >= 0.3 is 0 Å². The number of carbonyl (C=O) groups is 1. The van der Waals surface area contributed by atoms with Crippen LogP contribution in [0.1, 0.15) is 15.9 Å². The van der Waals surface area contributed by atoms with Crippen LogP contribution in [0.4, 0.5) is 5.69 Å². The van der Waals surface area contributed by atoms with Crippen LogP contribution in [0.3, 0.4) is 0 Å². The zero-order valence-electron chi connectivity index (χ0n) is 12.3. The van der Waals surface area contributed by atoms with Gasteiger partial charge < -0.3 is 9.84 Å². The summed E-state index contributed by atoms with van der Waals surface area (Å²) in [7, 11) is 1.23. The van der Waals surface area contributed by atoms with Crippen molar-refractivity contribution in [3.63, 3.8) is 0 Å². The van der Waals surface area contributed by atoms with Gasteiger partial charge in [-0.1, -0.05) is 29.3 Å². The summed E-state index contributed by atoms with van der Waals surface area (Å²) in [5.74, 6) is -1.42. The van der Waals surface area contributed by atoms with Crippen LogP contribution in [0.15, 0.2) is 36.4 Å². The first-order valence-corrected chi connectivity index (χ1v) is 7.30. The van der Waals surface area contributed by atoms with E-state index in [1.165, 1.54) is 43.5 Å². The molecule has 0 atom stereocenters. The Morgan fingerprint density at radius 1 is 1.25 bits per heavy atom. The van der Waals surface area contributed by atoms with Crippen molar-refractivity contribution in [1.29, 1.82) is 0 Å². The second kappa shape index (κ2) is 7.33. The molecule has 0 spiro atoms. The van der Waals surface area contributed by atoms with Gasteiger partial charge in [-0.05, 0) is 35.9 Å². The van der Waals surface area contributed by atoms with Gasteiger partial charge in [0.05, 0.1) is 17.1 Å². The largest absolute Gasteiger partial charge is 0.865 e. The summed E-state index contributed by atoms with van der Waals surface area (Å²) in [5.41, 5.74) is -0.123. The van der Waals surface area contributed by atoms with E-state index in [9.17, 15) is 20.0 Å². The molecule has 0 bridgehead atoms. The highest BCUT2D eigenvalue weighted by molar-refractivity contribution is 6.37. The maximum Gasteiger partial charge on any atom is 0.266 e. The Morgan fingerprint density at radius 2 is 1.96 bits per heavy atom. The van der Waals surface area contributed by atoms with Crippen LogP contribution in [-0.4, -0.2) is 17.8 Å². The number of hydrogen-bond acceptors (Lipinski definition) is 5. The molecule has 0 saturated heterocycles. The molecule has 0 aliphatic carbocycles. The van der Waals surface area contributed by atoms with E-state index >= 15 is 0 Å². The smallest absolute Gasteiger partial charge is 0.266 e. The maximum absolute atomic E-state index is 12.1. The Bertz CT molecular complexity index is 849. The van der Waals surface area contributed by atoms with E-state index in [0.29, 0.717) is 5.02 Å². The predicted octanol–water partition coefficient (Wildman–Crippen LogP) is 3.88. The van der Waals surface area contributed by atoms with Gasteiger partial charge in [0.25, 0.3) is 5.69 Å². The van der Waals surface area contributed by atoms with Crippen LogP contribution in [-0.2, 0) is 0 Å². The number of nitrogens with zero attached hydrogens (tertiary/aromatic N) is 1. The van der Waals surface area contributed by atoms with Crippen molar-refractivity contribution in [2.75, 3.05) is 7.11 Å². The molecule has 24 heavy (non-hydrogen) atoms. The van der Waals surface area contributed by atoms with Gasteiger partial charge in [0.1, 0.15) is 5.75 Å². The minimum absolute atomic E-state index is 0.180. The summed E-state index contributed by atoms with van der Waals surface area (Å²) in [6.45, 7) is 0. The lowest BCUT2D eigenvalue weighted by Gasteiger charge is -2.13. The molecule has 2 aromatic carbocycles. The molecular weight excluding hydrogens is 357 g/mol. The van der Waals surface area contributed by atoms with Gasteiger partial charge in [-0.2, -0.15) is 0 Å². The summed E-state index contributed by atoms with van der Waals surface area (Å²) in [6, 6.07) is 6.81. The fourth-order valence-electron chi connectivity index (χ4n) is 1.94. The number of allylic oxidation sites excluding steroid dienone is 1. The van der Waals surface area contributed by atoms with E-state index in [-0.39, 0.29) is 21.9 Å². The molecule has 0 aromatic heterocycles. The third-order valence-electron chi connectivity index (χ3n) is 3.10. The first-order valence-electron chi connectivity index (χ1n) is 6.54. The third kappa shape index (κ3) is 3.84. The molecule has 0 heterocycles. The van der Waals surface area contributed by atoms with Crippen molar-refractivity contribution in [3.05, 3.63) is 67.7 Å². The number of ether oxygens (including phenoxy) is 1. The van der Waals surface area contributed by atoms with Gasteiger partial charge in [0.15, 0.2) is 5.78 Å². The minimum atomic E-state index is -0.827. The summed E-state index contributed by atoms with van der Waals surface area (Å²) < 4.78 is 4.83. The first-order chi connectivity index (χ1) is 11.3. The quantitative estimate of drug-likeness (QED) is 0.346. The van der Waals surface area contributed by atoms with E-state index < -0.39 is 22.1 Å². The second-order valence-electron chi connectivity index (χ2n) is 4.65. The summed E-state index contributed by atoms with van der Waals surface area (Å²) in [6.07, 6.45) is 2.53. The van der Waals surface area contributed by atoms with Gasteiger partial charge in [0.2, 0.25) is 0 Å².